The molecule has 1 aromatic carbocycles. The van der Waals surface area contributed by atoms with Gasteiger partial charge in [-0.25, -0.2) is 4.39 Å². The molecule has 1 aliphatic heterocycles. The average molecular weight is 349 g/mol. The molecular weight excluding hydrogens is 319 g/mol. The van der Waals surface area contributed by atoms with E-state index in [0.717, 1.165) is 25.1 Å². The molecule has 3 N–H and O–H groups in total. The van der Waals surface area contributed by atoms with E-state index in [0.29, 0.717) is 31.3 Å². The lowest BCUT2D eigenvalue weighted by molar-refractivity contribution is -0.900. The minimum atomic E-state index is -0.897. The van der Waals surface area contributed by atoms with Crippen molar-refractivity contribution in [1.29, 1.82) is 0 Å². The summed E-state index contributed by atoms with van der Waals surface area (Å²) >= 11 is 0. The molecule has 1 aliphatic carbocycles. The van der Waals surface area contributed by atoms with E-state index in [1.165, 1.54) is 36.3 Å². The number of aliphatic hydroxyl groups is 1. The number of amides is 1. The van der Waals surface area contributed by atoms with E-state index in [1.807, 2.05) is 0 Å². The van der Waals surface area contributed by atoms with Gasteiger partial charge >= 0.3 is 0 Å². The molecule has 0 bridgehead atoms. The van der Waals surface area contributed by atoms with Gasteiger partial charge in [-0.15, -0.1) is 0 Å². The van der Waals surface area contributed by atoms with Crippen molar-refractivity contribution in [3.63, 3.8) is 0 Å². The van der Waals surface area contributed by atoms with E-state index in [4.69, 9.17) is 0 Å². The first-order valence-corrected chi connectivity index (χ1v) is 9.58. The minimum absolute atomic E-state index is 0.126. The molecule has 1 saturated heterocycles. The molecule has 2 fully saturated rings. The maximum atomic E-state index is 13.1. The number of hydrogen-bond donors (Lipinski definition) is 3. The van der Waals surface area contributed by atoms with Crippen molar-refractivity contribution < 1.29 is 19.2 Å². The highest BCUT2D eigenvalue weighted by Gasteiger charge is 2.37. The van der Waals surface area contributed by atoms with E-state index < -0.39 is 5.60 Å². The average Bonchev–Trinajstić information content (AvgIpc) is 2.60. The van der Waals surface area contributed by atoms with E-state index in [9.17, 15) is 14.3 Å². The third-order valence-corrected chi connectivity index (χ3v) is 6.03. The van der Waals surface area contributed by atoms with Crippen LogP contribution in [-0.4, -0.2) is 36.7 Å². The molecule has 25 heavy (non-hydrogen) atoms. The Balaban J connectivity index is 1.48. The van der Waals surface area contributed by atoms with Crippen molar-refractivity contribution in [3.05, 3.63) is 35.6 Å². The number of rotatable bonds is 4. The van der Waals surface area contributed by atoms with Crippen molar-refractivity contribution in [2.45, 2.75) is 57.1 Å². The summed E-state index contributed by atoms with van der Waals surface area (Å²) in [5.41, 5.74) is -0.126. The predicted octanol–water partition coefficient (Wildman–Crippen LogP) is 1.39. The molecule has 5 heteroatoms. The molecule has 1 aromatic rings. The van der Waals surface area contributed by atoms with Crippen LogP contribution in [0.4, 0.5) is 4.39 Å². The van der Waals surface area contributed by atoms with Gasteiger partial charge in [-0.1, -0.05) is 31.9 Å². The molecule has 138 valence electrons. The monoisotopic (exact) mass is 349 g/mol. The predicted molar refractivity (Wildman–Crippen MR) is 94.7 cm³/mol. The van der Waals surface area contributed by atoms with Gasteiger partial charge in [-0.3, -0.25) is 4.79 Å². The summed E-state index contributed by atoms with van der Waals surface area (Å²) in [6.07, 6.45) is 5.96. The fraction of sp³-hybridized carbons (Fsp3) is 0.650. The van der Waals surface area contributed by atoms with Gasteiger partial charge in [0.2, 0.25) is 0 Å². The fourth-order valence-corrected chi connectivity index (χ4v) is 4.26. The van der Waals surface area contributed by atoms with E-state index in [-0.39, 0.29) is 11.7 Å². The molecular formula is C20H30FN2O2+. The third-order valence-electron chi connectivity index (χ3n) is 6.03. The zero-order chi connectivity index (χ0) is 17.9. The highest BCUT2D eigenvalue weighted by molar-refractivity contribution is 5.77. The lowest BCUT2D eigenvalue weighted by Crippen LogP contribution is -3.14. The van der Waals surface area contributed by atoms with Gasteiger partial charge in [0.05, 0.1) is 13.1 Å². The Kier molecular flexibility index (Phi) is 5.74. The van der Waals surface area contributed by atoms with Crippen LogP contribution in [0.5, 0.6) is 0 Å². The summed E-state index contributed by atoms with van der Waals surface area (Å²) in [7, 11) is 0. The molecule has 3 rings (SSSR count). The molecule has 1 saturated carbocycles. The zero-order valence-corrected chi connectivity index (χ0v) is 15.1. The second-order valence-corrected chi connectivity index (χ2v) is 7.90. The molecule has 0 radical (unpaired) electrons. The summed E-state index contributed by atoms with van der Waals surface area (Å²) < 4.78 is 13.1. The maximum Gasteiger partial charge on any atom is 0.275 e. The third kappa shape index (κ3) is 4.59. The van der Waals surface area contributed by atoms with Gasteiger partial charge in [-0.05, 0) is 36.5 Å². The van der Waals surface area contributed by atoms with Gasteiger partial charge in [0.1, 0.15) is 11.4 Å². The number of likely N-dealkylation sites (tertiary alicyclic amines) is 1. The number of benzene rings is 1. The Morgan fingerprint density at radius 1 is 1.24 bits per heavy atom. The van der Waals surface area contributed by atoms with Crippen LogP contribution in [0.25, 0.3) is 0 Å². The number of hydrogen-bond acceptors (Lipinski definition) is 2. The lowest BCUT2D eigenvalue weighted by Gasteiger charge is -2.36. The number of quaternary nitrogens is 1. The highest BCUT2D eigenvalue weighted by atomic mass is 19.1. The molecule has 0 aromatic heterocycles. The first-order valence-electron chi connectivity index (χ1n) is 9.58. The van der Waals surface area contributed by atoms with Crippen LogP contribution in [0.1, 0.15) is 51.0 Å². The maximum absolute atomic E-state index is 13.1. The summed E-state index contributed by atoms with van der Waals surface area (Å²) in [5, 5.41) is 14.1. The van der Waals surface area contributed by atoms with Crippen LogP contribution in [0.2, 0.25) is 0 Å². The summed E-state index contributed by atoms with van der Waals surface area (Å²) in [5.74, 6) is 0.405. The normalized spacial score (nSPS) is 33.0. The first kappa shape index (κ1) is 18.3. The number of nitrogens with one attached hydrogen (secondary N) is 2. The summed E-state index contributed by atoms with van der Waals surface area (Å²) in [6.45, 7) is 4.20. The smallest absolute Gasteiger partial charge is 0.275 e. The Morgan fingerprint density at radius 3 is 2.52 bits per heavy atom. The molecule has 1 heterocycles. The van der Waals surface area contributed by atoms with Crippen molar-refractivity contribution in [1.82, 2.24) is 5.32 Å². The second-order valence-electron chi connectivity index (χ2n) is 7.90. The molecule has 2 atom stereocenters. The highest BCUT2D eigenvalue weighted by Crippen LogP contribution is 2.29. The zero-order valence-electron chi connectivity index (χ0n) is 15.1. The summed E-state index contributed by atoms with van der Waals surface area (Å²) in [6, 6.07) is 6.44. The Bertz CT molecular complexity index is 582. The first-order chi connectivity index (χ1) is 12.0. The Hall–Kier alpha value is -1.46. The van der Waals surface area contributed by atoms with Crippen LogP contribution >= 0.6 is 0 Å². The van der Waals surface area contributed by atoms with Crippen molar-refractivity contribution >= 4 is 5.91 Å². The molecule has 0 spiro atoms. The van der Waals surface area contributed by atoms with Gasteiger partial charge in [0, 0.05) is 18.9 Å². The lowest BCUT2D eigenvalue weighted by atomic mass is 9.84. The fourth-order valence-electron chi connectivity index (χ4n) is 4.26. The largest absolute Gasteiger partial charge is 0.385 e. The van der Waals surface area contributed by atoms with Crippen LogP contribution in [-0.2, 0) is 10.4 Å². The molecule has 2 aliphatic rings. The van der Waals surface area contributed by atoms with E-state index in [2.05, 4.69) is 12.2 Å². The second kappa shape index (κ2) is 7.83. The van der Waals surface area contributed by atoms with E-state index >= 15 is 0 Å². The standard InChI is InChI=1S/C20H29FN2O2/c1-15-4-2-3-5-18(15)22-19(24)14-23-12-10-20(25,11-13-23)16-6-8-17(21)9-7-16/h6-9,15,18,25H,2-5,10-14H2,1H3,(H,22,24)/p+1/t15-,18+/m0/s1. The number of carbonyl (C=O) groups excluding carboxylic acids is 1. The molecule has 1 amide bonds. The quantitative estimate of drug-likeness (QED) is 0.769. The van der Waals surface area contributed by atoms with Crippen LogP contribution in [0, 0.1) is 11.7 Å². The number of piperidine rings is 1. The van der Waals surface area contributed by atoms with Gasteiger partial charge in [0.25, 0.3) is 5.91 Å². The van der Waals surface area contributed by atoms with Gasteiger partial charge < -0.3 is 15.3 Å². The van der Waals surface area contributed by atoms with Crippen LogP contribution in [0.15, 0.2) is 24.3 Å². The van der Waals surface area contributed by atoms with Gasteiger partial charge in [-0.2, -0.15) is 0 Å². The van der Waals surface area contributed by atoms with Crippen molar-refractivity contribution in [2.24, 2.45) is 5.92 Å². The summed E-state index contributed by atoms with van der Waals surface area (Å²) in [4.78, 5) is 13.6. The van der Waals surface area contributed by atoms with E-state index in [1.54, 1.807) is 12.1 Å². The SMILES string of the molecule is C[C@H]1CCCC[C@H]1NC(=O)C[NH+]1CCC(O)(c2ccc(F)cc2)CC1. The van der Waals surface area contributed by atoms with Gasteiger partial charge in [0.15, 0.2) is 6.54 Å². The Morgan fingerprint density at radius 2 is 1.88 bits per heavy atom. The van der Waals surface area contributed by atoms with Crippen LogP contribution in [0.3, 0.4) is 0 Å². The topological polar surface area (TPSA) is 53.8 Å². The van der Waals surface area contributed by atoms with Crippen LogP contribution < -0.4 is 10.2 Å². The minimum Gasteiger partial charge on any atom is -0.385 e. The molecule has 4 nitrogen and oxygen atoms in total. The molecule has 0 unspecified atom stereocenters. The van der Waals surface area contributed by atoms with Crippen molar-refractivity contribution in [2.75, 3.05) is 19.6 Å². The number of halogens is 1. The van der Waals surface area contributed by atoms with Crippen molar-refractivity contribution in [3.8, 4) is 0 Å². The Labute approximate surface area is 149 Å². The number of carbonyl (C=O) groups is 1.